The van der Waals surface area contributed by atoms with E-state index in [1.165, 1.54) is 0 Å². The van der Waals surface area contributed by atoms with E-state index in [0.717, 1.165) is 0 Å². The van der Waals surface area contributed by atoms with Crippen molar-refractivity contribution < 1.29 is 79.9 Å². The van der Waals surface area contributed by atoms with Crippen molar-refractivity contribution in [1.29, 1.82) is 0 Å². The van der Waals surface area contributed by atoms with Crippen LogP contribution in [0.1, 0.15) is 0 Å². The Labute approximate surface area is 192 Å². The molecule has 3 aliphatic rings. The second kappa shape index (κ2) is 10.8. The van der Waals surface area contributed by atoms with Crippen LogP contribution >= 0.6 is 0 Å². The van der Waals surface area contributed by atoms with Gasteiger partial charge in [-0.2, -0.15) is 0 Å². The van der Waals surface area contributed by atoms with Gasteiger partial charge in [-0.3, -0.25) is 0 Å². The zero-order chi connectivity index (χ0) is 25.4. The fourth-order valence-electron chi connectivity index (χ4n) is 4.05. The molecule has 11 N–H and O–H groups in total. The van der Waals surface area contributed by atoms with Gasteiger partial charge in [0.1, 0.15) is 74.3 Å². The summed E-state index contributed by atoms with van der Waals surface area (Å²) in [6.07, 6.45) is -18.2. The molecule has 0 saturated carbocycles. The van der Waals surface area contributed by atoms with Gasteiger partial charge in [-0.25, -0.2) is 0 Å². The Morgan fingerprint density at radius 2 is 1.26 bits per heavy atom. The molecule has 3 aliphatic heterocycles. The first-order valence-electron chi connectivity index (χ1n) is 10.5. The molecule has 200 valence electrons. The molecular formula is C18H32O16. The molecule has 3 saturated heterocycles. The van der Waals surface area contributed by atoms with Crippen molar-refractivity contribution in [3.63, 3.8) is 0 Å². The smallest absolute Gasteiger partial charge is 0.221 e. The maximum atomic E-state index is 10.4. The number of aliphatic hydroxyl groups excluding tert-OH is 10. The second-order valence-electron chi connectivity index (χ2n) is 8.50. The van der Waals surface area contributed by atoms with Crippen LogP contribution in [-0.2, 0) is 23.7 Å². The lowest BCUT2D eigenvalue weighted by atomic mass is 9.99. The second-order valence-corrected chi connectivity index (χ2v) is 8.50. The SMILES string of the molecule is OC[C@H]1O[C@@](CO)(OC[C@H]2O[C@@H](OC[C@@]3(O)O[C@H](CO)[C@@H](O)[C@@H]3O)[C@H](O)[C@@H](O)[C@@H]2O)[C@@H](O)[C@@H]1O. The number of rotatable bonds is 9. The van der Waals surface area contributed by atoms with Crippen molar-refractivity contribution in [3.8, 4) is 0 Å². The van der Waals surface area contributed by atoms with Gasteiger partial charge in [0, 0.05) is 0 Å². The first-order valence-corrected chi connectivity index (χ1v) is 10.5. The van der Waals surface area contributed by atoms with Gasteiger partial charge < -0.3 is 79.9 Å². The zero-order valence-electron chi connectivity index (χ0n) is 17.8. The van der Waals surface area contributed by atoms with E-state index in [0.29, 0.717) is 0 Å². The summed E-state index contributed by atoms with van der Waals surface area (Å²) in [5.41, 5.74) is 0. The Balaban J connectivity index is 1.65. The summed E-state index contributed by atoms with van der Waals surface area (Å²) < 4.78 is 26.1. The van der Waals surface area contributed by atoms with Crippen molar-refractivity contribution in [3.05, 3.63) is 0 Å². The van der Waals surface area contributed by atoms with Gasteiger partial charge in [0.05, 0.1) is 19.8 Å². The van der Waals surface area contributed by atoms with E-state index in [-0.39, 0.29) is 0 Å². The van der Waals surface area contributed by atoms with Crippen LogP contribution in [0.3, 0.4) is 0 Å². The zero-order valence-corrected chi connectivity index (χ0v) is 17.8. The molecule has 16 heteroatoms. The summed E-state index contributed by atoms with van der Waals surface area (Å²) in [4.78, 5) is 0. The van der Waals surface area contributed by atoms with Crippen molar-refractivity contribution in [2.24, 2.45) is 0 Å². The molecule has 0 amide bonds. The summed E-state index contributed by atoms with van der Waals surface area (Å²) >= 11 is 0. The van der Waals surface area contributed by atoms with Crippen LogP contribution < -0.4 is 0 Å². The Morgan fingerprint density at radius 1 is 0.676 bits per heavy atom. The number of aliphatic hydroxyl groups is 11. The van der Waals surface area contributed by atoms with Gasteiger partial charge in [-0.1, -0.05) is 0 Å². The van der Waals surface area contributed by atoms with Crippen molar-refractivity contribution >= 4 is 0 Å². The van der Waals surface area contributed by atoms with Crippen LogP contribution in [0.25, 0.3) is 0 Å². The summed E-state index contributed by atoms with van der Waals surface area (Å²) in [5.74, 6) is -4.69. The molecule has 0 unspecified atom stereocenters. The van der Waals surface area contributed by atoms with Gasteiger partial charge in [0.15, 0.2) is 6.29 Å². The number of hydrogen-bond acceptors (Lipinski definition) is 16. The molecule has 0 aliphatic carbocycles. The molecule has 3 rings (SSSR count). The molecule has 3 heterocycles. The average Bonchev–Trinajstić information content (AvgIpc) is 3.21. The summed E-state index contributed by atoms with van der Waals surface area (Å²) in [6, 6.07) is 0. The van der Waals surface area contributed by atoms with E-state index in [1.54, 1.807) is 0 Å². The maximum Gasteiger partial charge on any atom is 0.221 e. The van der Waals surface area contributed by atoms with E-state index >= 15 is 0 Å². The standard InChI is InChI=1S/C18H32O16/c19-1-6-10(23)14(27)17(29,33-6)5-30-16-13(26)12(25)9(22)8(32-16)3-31-18(4-21)15(28)11(24)7(2-20)34-18/h6-16,19-29H,1-5H2/t6-,7-,8-,9-,10-,11-,12+,13-,14+,15+,16-,17-,18-/m1/s1. The minimum atomic E-state index is -2.50. The lowest BCUT2D eigenvalue weighted by Gasteiger charge is -2.42. The molecule has 34 heavy (non-hydrogen) atoms. The fraction of sp³-hybridized carbons (Fsp3) is 1.00. The van der Waals surface area contributed by atoms with Crippen molar-refractivity contribution in [2.45, 2.75) is 78.9 Å². The van der Waals surface area contributed by atoms with E-state index in [9.17, 15) is 51.1 Å². The highest BCUT2D eigenvalue weighted by atomic mass is 16.8. The highest BCUT2D eigenvalue weighted by Gasteiger charge is 2.57. The first-order chi connectivity index (χ1) is 15.9. The van der Waals surface area contributed by atoms with Gasteiger partial charge in [0.25, 0.3) is 0 Å². The van der Waals surface area contributed by atoms with Crippen molar-refractivity contribution in [1.82, 2.24) is 0 Å². The highest BCUT2D eigenvalue weighted by Crippen LogP contribution is 2.34. The number of hydrogen-bond donors (Lipinski definition) is 11. The van der Waals surface area contributed by atoms with Gasteiger partial charge in [0.2, 0.25) is 11.6 Å². The Bertz CT molecular complexity index is 670. The molecule has 0 aromatic rings. The molecule has 3 fully saturated rings. The monoisotopic (exact) mass is 504 g/mol. The molecule has 0 aromatic heterocycles. The van der Waals surface area contributed by atoms with Crippen LogP contribution in [0.2, 0.25) is 0 Å². The third-order valence-electron chi connectivity index (χ3n) is 6.22. The fourth-order valence-corrected chi connectivity index (χ4v) is 4.05. The van der Waals surface area contributed by atoms with Crippen LogP contribution in [-0.4, -0.2) is 168 Å². The summed E-state index contributed by atoms with van der Waals surface area (Å²) in [7, 11) is 0. The lowest BCUT2D eigenvalue weighted by molar-refractivity contribution is -0.345. The molecule has 0 radical (unpaired) electrons. The Kier molecular flexibility index (Phi) is 8.85. The van der Waals surface area contributed by atoms with E-state index in [1.807, 2.05) is 0 Å². The largest absolute Gasteiger partial charge is 0.394 e. The third kappa shape index (κ3) is 4.96. The first kappa shape index (κ1) is 27.9. The van der Waals surface area contributed by atoms with E-state index in [4.69, 9.17) is 28.8 Å². The Morgan fingerprint density at radius 3 is 1.79 bits per heavy atom. The van der Waals surface area contributed by atoms with Crippen LogP contribution in [0, 0.1) is 0 Å². The summed E-state index contributed by atoms with van der Waals surface area (Å²) in [5, 5.41) is 109. The van der Waals surface area contributed by atoms with E-state index < -0.39 is 112 Å². The predicted molar refractivity (Wildman–Crippen MR) is 101 cm³/mol. The molecule has 0 aromatic carbocycles. The van der Waals surface area contributed by atoms with Crippen molar-refractivity contribution in [2.75, 3.05) is 33.0 Å². The normalized spacial score (nSPS) is 51.8. The summed E-state index contributed by atoms with van der Waals surface area (Å²) in [6.45, 7) is -3.96. The van der Waals surface area contributed by atoms with Crippen LogP contribution in [0.5, 0.6) is 0 Å². The van der Waals surface area contributed by atoms with Crippen LogP contribution in [0.15, 0.2) is 0 Å². The highest BCUT2D eigenvalue weighted by molar-refractivity contribution is 4.98. The predicted octanol–water partition coefficient (Wildman–Crippen LogP) is -7.57. The molecule has 0 spiro atoms. The Hall–Kier alpha value is -0.640. The van der Waals surface area contributed by atoms with Crippen LogP contribution in [0.4, 0.5) is 0 Å². The van der Waals surface area contributed by atoms with E-state index in [2.05, 4.69) is 0 Å². The maximum absolute atomic E-state index is 10.4. The topological polar surface area (TPSA) is 269 Å². The molecular weight excluding hydrogens is 472 g/mol. The van der Waals surface area contributed by atoms with Gasteiger partial charge >= 0.3 is 0 Å². The minimum absolute atomic E-state index is 0.679. The average molecular weight is 504 g/mol. The quantitative estimate of drug-likeness (QED) is 0.139. The molecule has 13 atom stereocenters. The molecule has 0 bridgehead atoms. The minimum Gasteiger partial charge on any atom is -0.394 e. The van der Waals surface area contributed by atoms with Gasteiger partial charge in [-0.05, 0) is 0 Å². The van der Waals surface area contributed by atoms with Gasteiger partial charge in [-0.15, -0.1) is 0 Å². The third-order valence-corrected chi connectivity index (χ3v) is 6.22. The lowest BCUT2D eigenvalue weighted by Crippen LogP contribution is -2.61. The number of ether oxygens (including phenoxy) is 5. The molecule has 16 nitrogen and oxygen atoms in total.